The van der Waals surface area contributed by atoms with Crippen LogP contribution in [0.5, 0.6) is 0 Å². The molecule has 3 rings (SSSR count). The van der Waals surface area contributed by atoms with Crippen LogP contribution in [0.15, 0.2) is 65.8 Å². The lowest BCUT2D eigenvalue weighted by Crippen LogP contribution is -2.12. The highest BCUT2D eigenvalue weighted by molar-refractivity contribution is 7.92. The van der Waals surface area contributed by atoms with Crippen LogP contribution < -0.4 is 4.72 Å². The van der Waals surface area contributed by atoms with Crippen molar-refractivity contribution in [2.75, 3.05) is 4.72 Å². The van der Waals surface area contributed by atoms with Gasteiger partial charge < -0.3 is 0 Å². The van der Waals surface area contributed by atoms with Gasteiger partial charge in [0.15, 0.2) is 0 Å². The summed E-state index contributed by atoms with van der Waals surface area (Å²) in [6.45, 7) is 0. The largest absolute Gasteiger partial charge is 0.280 e. The van der Waals surface area contributed by atoms with Gasteiger partial charge in [0.1, 0.15) is 0 Å². The highest BCUT2D eigenvalue weighted by Gasteiger charge is 2.14. The molecule has 0 spiro atoms. The summed E-state index contributed by atoms with van der Waals surface area (Å²) >= 11 is 5.77. The Hall–Kier alpha value is -2.11. The molecule has 0 atom stereocenters. The molecule has 0 fully saturated rings. The summed E-state index contributed by atoms with van der Waals surface area (Å²) in [6, 6.07) is 13.1. The number of rotatable bonds is 3. The molecular weight excluding hydrogens is 308 g/mol. The fraction of sp³-hybridized carbons (Fsp3) is 0. The van der Waals surface area contributed by atoms with Gasteiger partial charge in [-0.15, -0.1) is 0 Å². The zero-order chi connectivity index (χ0) is 14.9. The number of benzene rings is 2. The summed E-state index contributed by atoms with van der Waals surface area (Å²) in [5.74, 6) is 0. The van der Waals surface area contributed by atoms with Gasteiger partial charge in [-0.3, -0.25) is 9.71 Å². The maximum absolute atomic E-state index is 12.3. The van der Waals surface area contributed by atoms with Crippen molar-refractivity contribution in [1.82, 2.24) is 4.98 Å². The molecule has 0 aliphatic rings. The summed E-state index contributed by atoms with van der Waals surface area (Å²) in [4.78, 5) is 4.19. The third-order valence-corrected chi connectivity index (χ3v) is 4.67. The lowest BCUT2D eigenvalue weighted by Gasteiger charge is -2.09. The number of pyridine rings is 1. The molecule has 0 radical (unpaired) electrons. The van der Waals surface area contributed by atoms with Gasteiger partial charge in [0.05, 0.1) is 4.90 Å². The maximum atomic E-state index is 12.3. The molecule has 2 aromatic carbocycles. The van der Waals surface area contributed by atoms with Crippen molar-refractivity contribution in [3.8, 4) is 0 Å². The van der Waals surface area contributed by atoms with E-state index in [4.69, 9.17) is 11.6 Å². The van der Waals surface area contributed by atoms with Crippen LogP contribution in [0.2, 0.25) is 5.02 Å². The molecule has 0 saturated carbocycles. The SMILES string of the molecule is O=S(=O)(Nc1ccc2cnccc2c1)c1ccc(Cl)cc1. The van der Waals surface area contributed by atoms with E-state index >= 15 is 0 Å². The lowest BCUT2D eigenvalue weighted by molar-refractivity contribution is 0.601. The van der Waals surface area contributed by atoms with Crippen molar-refractivity contribution < 1.29 is 8.42 Å². The fourth-order valence-corrected chi connectivity index (χ4v) is 3.15. The average molecular weight is 319 g/mol. The molecule has 4 nitrogen and oxygen atoms in total. The quantitative estimate of drug-likeness (QED) is 0.801. The standard InChI is InChI=1S/C15H11ClN2O2S/c16-13-2-5-15(6-3-13)21(19,20)18-14-4-1-12-10-17-8-7-11(12)9-14/h1-10,18H. The van der Waals surface area contributed by atoms with E-state index in [2.05, 4.69) is 9.71 Å². The van der Waals surface area contributed by atoms with Crippen molar-refractivity contribution in [2.24, 2.45) is 0 Å². The minimum atomic E-state index is -3.62. The first kappa shape index (κ1) is 13.9. The molecule has 3 aromatic rings. The first-order chi connectivity index (χ1) is 10.0. The maximum Gasteiger partial charge on any atom is 0.261 e. The number of aromatic nitrogens is 1. The van der Waals surface area contributed by atoms with Gasteiger partial charge in [0, 0.05) is 28.5 Å². The van der Waals surface area contributed by atoms with E-state index in [1.54, 1.807) is 36.7 Å². The minimum Gasteiger partial charge on any atom is -0.280 e. The van der Waals surface area contributed by atoms with Crippen LogP contribution in [0.25, 0.3) is 10.8 Å². The molecular formula is C15H11ClN2O2S. The van der Waals surface area contributed by atoms with Crippen LogP contribution in [-0.4, -0.2) is 13.4 Å². The molecule has 1 N–H and O–H groups in total. The molecule has 21 heavy (non-hydrogen) atoms. The molecule has 1 heterocycles. The Morgan fingerprint density at radius 1 is 0.952 bits per heavy atom. The van der Waals surface area contributed by atoms with Crippen molar-refractivity contribution in [1.29, 1.82) is 0 Å². The number of sulfonamides is 1. The third kappa shape index (κ3) is 2.99. The number of anilines is 1. The minimum absolute atomic E-state index is 0.168. The van der Waals surface area contributed by atoms with Gasteiger partial charge in [-0.1, -0.05) is 17.7 Å². The van der Waals surface area contributed by atoms with Gasteiger partial charge in [-0.25, -0.2) is 8.42 Å². The van der Waals surface area contributed by atoms with Crippen molar-refractivity contribution >= 4 is 38.1 Å². The average Bonchev–Trinajstić information content (AvgIpc) is 2.47. The summed E-state index contributed by atoms with van der Waals surface area (Å²) in [6.07, 6.45) is 3.40. The summed E-state index contributed by atoms with van der Waals surface area (Å²) in [7, 11) is -3.62. The van der Waals surface area contributed by atoms with Gasteiger partial charge in [0.25, 0.3) is 10.0 Å². The molecule has 0 amide bonds. The normalized spacial score (nSPS) is 11.5. The molecule has 106 valence electrons. The van der Waals surface area contributed by atoms with Crippen LogP contribution in [0, 0.1) is 0 Å². The van der Waals surface area contributed by atoms with E-state index in [0.717, 1.165) is 10.8 Å². The Kier molecular flexibility index (Phi) is 3.53. The molecule has 0 saturated heterocycles. The Morgan fingerprint density at radius 3 is 2.48 bits per heavy atom. The topological polar surface area (TPSA) is 59.1 Å². The van der Waals surface area contributed by atoms with Crippen molar-refractivity contribution in [2.45, 2.75) is 4.90 Å². The second-order valence-electron chi connectivity index (χ2n) is 4.50. The zero-order valence-electron chi connectivity index (χ0n) is 10.8. The summed E-state index contributed by atoms with van der Waals surface area (Å²) in [5.41, 5.74) is 0.503. The van der Waals surface area contributed by atoms with Gasteiger partial charge >= 0.3 is 0 Å². The monoisotopic (exact) mass is 318 g/mol. The predicted octanol–water partition coefficient (Wildman–Crippen LogP) is 3.69. The van der Waals surface area contributed by atoms with E-state index in [0.29, 0.717) is 10.7 Å². The Labute approximate surface area is 127 Å². The second-order valence-corrected chi connectivity index (χ2v) is 6.62. The van der Waals surface area contributed by atoms with Crippen molar-refractivity contribution in [3.05, 3.63) is 65.9 Å². The Balaban J connectivity index is 1.95. The van der Waals surface area contributed by atoms with E-state index in [1.165, 1.54) is 12.1 Å². The van der Waals surface area contributed by atoms with E-state index in [-0.39, 0.29) is 4.90 Å². The molecule has 0 bridgehead atoms. The van der Waals surface area contributed by atoms with Crippen LogP contribution in [-0.2, 0) is 10.0 Å². The molecule has 1 aromatic heterocycles. The van der Waals surface area contributed by atoms with Crippen LogP contribution in [0.1, 0.15) is 0 Å². The van der Waals surface area contributed by atoms with Crippen LogP contribution in [0.3, 0.4) is 0 Å². The highest BCUT2D eigenvalue weighted by Crippen LogP contribution is 2.22. The number of nitrogens with one attached hydrogen (secondary N) is 1. The molecule has 0 aliphatic heterocycles. The molecule has 6 heteroatoms. The van der Waals surface area contributed by atoms with Crippen LogP contribution >= 0.6 is 11.6 Å². The summed E-state index contributed by atoms with van der Waals surface area (Å²) in [5, 5.41) is 2.36. The number of hydrogen-bond donors (Lipinski definition) is 1. The van der Waals surface area contributed by atoms with Gasteiger partial charge in [-0.2, -0.15) is 0 Å². The molecule has 0 aliphatic carbocycles. The Morgan fingerprint density at radius 2 is 1.71 bits per heavy atom. The van der Waals surface area contributed by atoms with Gasteiger partial charge in [-0.05, 0) is 47.9 Å². The van der Waals surface area contributed by atoms with Crippen molar-refractivity contribution in [3.63, 3.8) is 0 Å². The second kappa shape index (κ2) is 5.35. The van der Waals surface area contributed by atoms with Crippen LogP contribution in [0.4, 0.5) is 5.69 Å². The number of nitrogens with zero attached hydrogens (tertiary/aromatic N) is 1. The van der Waals surface area contributed by atoms with E-state index < -0.39 is 10.0 Å². The Bertz CT molecular complexity index is 893. The molecule has 0 unspecified atom stereocenters. The fourth-order valence-electron chi connectivity index (χ4n) is 1.97. The smallest absolute Gasteiger partial charge is 0.261 e. The van der Waals surface area contributed by atoms with Gasteiger partial charge in [0.2, 0.25) is 0 Å². The number of fused-ring (bicyclic) bond motifs is 1. The first-order valence-corrected chi connectivity index (χ1v) is 8.03. The number of halogens is 1. The lowest BCUT2D eigenvalue weighted by atomic mass is 10.2. The third-order valence-electron chi connectivity index (χ3n) is 3.02. The highest BCUT2D eigenvalue weighted by atomic mass is 35.5. The summed E-state index contributed by atoms with van der Waals surface area (Å²) < 4.78 is 27.1. The van der Waals surface area contributed by atoms with E-state index in [9.17, 15) is 8.42 Å². The zero-order valence-corrected chi connectivity index (χ0v) is 12.4. The first-order valence-electron chi connectivity index (χ1n) is 6.17. The van der Waals surface area contributed by atoms with E-state index in [1.807, 2.05) is 12.1 Å². The number of hydrogen-bond acceptors (Lipinski definition) is 3. The predicted molar refractivity (Wildman–Crippen MR) is 84.0 cm³/mol.